The first-order chi connectivity index (χ1) is 10.2. The minimum atomic E-state index is 0.359. The molecule has 2 N–H and O–H groups in total. The van der Waals surface area contributed by atoms with Crippen LogP contribution in [0.2, 0.25) is 0 Å². The Bertz CT molecular complexity index is 432. The molecule has 1 fully saturated rings. The van der Waals surface area contributed by atoms with Crippen molar-refractivity contribution in [3.8, 4) is 0 Å². The number of hydrogen-bond acceptors (Lipinski definition) is 3. The zero-order valence-electron chi connectivity index (χ0n) is 13.9. The third-order valence-electron chi connectivity index (χ3n) is 4.84. The maximum Gasteiger partial charge on any atom is 0.0476 e. The van der Waals surface area contributed by atoms with Gasteiger partial charge in [0.25, 0.3) is 0 Å². The smallest absolute Gasteiger partial charge is 0.0476 e. The van der Waals surface area contributed by atoms with Crippen LogP contribution in [-0.2, 0) is 6.42 Å². The molecule has 1 saturated heterocycles. The van der Waals surface area contributed by atoms with Gasteiger partial charge in [0.2, 0.25) is 0 Å². The molecule has 2 rings (SSSR count). The van der Waals surface area contributed by atoms with Crippen molar-refractivity contribution in [1.82, 2.24) is 9.80 Å². The van der Waals surface area contributed by atoms with Crippen molar-refractivity contribution >= 4 is 0 Å². The van der Waals surface area contributed by atoms with E-state index in [0.29, 0.717) is 18.6 Å². The van der Waals surface area contributed by atoms with Crippen LogP contribution in [-0.4, -0.2) is 49.1 Å². The predicted molar refractivity (Wildman–Crippen MR) is 90.5 cm³/mol. The molecule has 3 heteroatoms. The van der Waals surface area contributed by atoms with Gasteiger partial charge in [-0.1, -0.05) is 38.1 Å². The average Bonchev–Trinajstić information content (AvgIpc) is 2.70. The van der Waals surface area contributed by atoms with Crippen LogP contribution in [0.25, 0.3) is 0 Å². The second-order valence-corrected chi connectivity index (χ2v) is 6.22. The van der Waals surface area contributed by atoms with Crippen molar-refractivity contribution in [3.05, 3.63) is 35.4 Å². The fourth-order valence-electron chi connectivity index (χ4n) is 3.66. The minimum absolute atomic E-state index is 0.359. The Morgan fingerprint density at radius 3 is 2.67 bits per heavy atom. The van der Waals surface area contributed by atoms with E-state index in [9.17, 15) is 0 Å². The van der Waals surface area contributed by atoms with E-state index in [1.165, 1.54) is 30.5 Å². The zero-order valence-corrected chi connectivity index (χ0v) is 13.9. The lowest BCUT2D eigenvalue weighted by molar-refractivity contribution is 0.130. The molecule has 118 valence electrons. The molecule has 0 spiro atoms. The Balaban J connectivity index is 2.29. The van der Waals surface area contributed by atoms with Gasteiger partial charge in [0.1, 0.15) is 0 Å². The highest BCUT2D eigenvalue weighted by Crippen LogP contribution is 2.28. The third-order valence-corrected chi connectivity index (χ3v) is 4.84. The normalized spacial score (nSPS) is 23.0. The molecule has 0 radical (unpaired) electrons. The molecule has 2 atom stereocenters. The quantitative estimate of drug-likeness (QED) is 0.904. The van der Waals surface area contributed by atoms with Gasteiger partial charge in [-0.05, 0) is 44.0 Å². The number of nitrogens with two attached hydrogens (primary N) is 1. The molecule has 3 nitrogen and oxygen atoms in total. The highest BCUT2D eigenvalue weighted by atomic mass is 15.3. The molecule has 0 aliphatic carbocycles. The first-order valence-corrected chi connectivity index (χ1v) is 8.43. The molecule has 0 bridgehead atoms. The minimum Gasteiger partial charge on any atom is -0.329 e. The van der Waals surface area contributed by atoms with E-state index in [2.05, 4.69) is 55.0 Å². The van der Waals surface area contributed by atoms with E-state index >= 15 is 0 Å². The summed E-state index contributed by atoms with van der Waals surface area (Å²) < 4.78 is 0. The van der Waals surface area contributed by atoms with Crippen LogP contribution in [0, 0.1) is 0 Å². The van der Waals surface area contributed by atoms with E-state index in [1.54, 1.807) is 0 Å². The topological polar surface area (TPSA) is 32.5 Å². The monoisotopic (exact) mass is 289 g/mol. The van der Waals surface area contributed by atoms with Crippen molar-refractivity contribution in [3.63, 3.8) is 0 Å². The van der Waals surface area contributed by atoms with E-state index in [0.717, 1.165) is 19.5 Å². The molecule has 1 aliphatic rings. The number of aryl methyl sites for hydroxylation is 1. The van der Waals surface area contributed by atoms with Crippen molar-refractivity contribution < 1.29 is 0 Å². The first-order valence-electron chi connectivity index (χ1n) is 8.43. The summed E-state index contributed by atoms with van der Waals surface area (Å²) in [7, 11) is 2.24. The lowest BCUT2D eigenvalue weighted by atomic mass is 9.95. The number of rotatable bonds is 5. The summed E-state index contributed by atoms with van der Waals surface area (Å²) in [6.07, 6.45) is 3.50. The Morgan fingerprint density at radius 1 is 1.24 bits per heavy atom. The van der Waals surface area contributed by atoms with Crippen LogP contribution in [0.1, 0.15) is 43.9 Å². The van der Waals surface area contributed by atoms with Gasteiger partial charge in [-0.3, -0.25) is 4.90 Å². The van der Waals surface area contributed by atoms with Gasteiger partial charge in [0.05, 0.1) is 0 Å². The molecule has 0 amide bonds. The van der Waals surface area contributed by atoms with Gasteiger partial charge in [-0.25, -0.2) is 0 Å². The molecule has 21 heavy (non-hydrogen) atoms. The highest BCUT2D eigenvalue weighted by molar-refractivity contribution is 5.30. The van der Waals surface area contributed by atoms with E-state index < -0.39 is 0 Å². The molecular formula is C18H31N3. The molecule has 0 aromatic heterocycles. The van der Waals surface area contributed by atoms with E-state index in [1.807, 2.05) is 0 Å². The first kappa shape index (κ1) is 16.5. The number of hydrogen-bond donors (Lipinski definition) is 1. The second kappa shape index (κ2) is 7.92. The van der Waals surface area contributed by atoms with Gasteiger partial charge in [0.15, 0.2) is 0 Å². The van der Waals surface area contributed by atoms with Crippen molar-refractivity contribution in [2.45, 2.75) is 45.2 Å². The molecular weight excluding hydrogens is 258 g/mol. The molecule has 1 heterocycles. The van der Waals surface area contributed by atoms with Crippen LogP contribution < -0.4 is 5.73 Å². The summed E-state index contributed by atoms with van der Waals surface area (Å²) in [5.74, 6) is 0. The number of benzene rings is 1. The predicted octanol–water partition coefficient (Wildman–Crippen LogP) is 2.66. The van der Waals surface area contributed by atoms with Crippen LogP contribution in [0.15, 0.2) is 24.3 Å². The SMILES string of the molecule is CCc1ccccc1C(CN)N1CCCN(C)CC1CC. The molecule has 2 unspecified atom stereocenters. The molecule has 1 aromatic carbocycles. The summed E-state index contributed by atoms with van der Waals surface area (Å²) >= 11 is 0. The van der Waals surface area contributed by atoms with Crippen molar-refractivity contribution in [2.75, 3.05) is 33.2 Å². The average molecular weight is 289 g/mol. The largest absolute Gasteiger partial charge is 0.329 e. The maximum absolute atomic E-state index is 6.21. The number of likely N-dealkylation sites (N-methyl/N-ethyl adjacent to an activating group) is 1. The number of nitrogens with zero attached hydrogens (tertiary/aromatic N) is 2. The van der Waals surface area contributed by atoms with Gasteiger partial charge in [0, 0.05) is 31.7 Å². The van der Waals surface area contributed by atoms with Gasteiger partial charge in [-0.2, -0.15) is 0 Å². The Kier molecular flexibility index (Phi) is 6.22. The van der Waals surface area contributed by atoms with Crippen molar-refractivity contribution in [1.29, 1.82) is 0 Å². The lowest BCUT2D eigenvalue weighted by Gasteiger charge is -2.37. The Hall–Kier alpha value is -0.900. The summed E-state index contributed by atoms with van der Waals surface area (Å²) in [4.78, 5) is 5.13. The third kappa shape index (κ3) is 3.85. The fourth-order valence-corrected chi connectivity index (χ4v) is 3.66. The van der Waals surface area contributed by atoms with Crippen LogP contribution in [0.5, 0.6) is 0 Å². The van der Waals surface area contributed by atoms with Crippen LogP contribution >= 0.6 is 0 Å². The summed E-state index contributed by atoms with van der Waals surface area (Å²) in [5, 5.41) is 0. The molecule has 0 saturated carbocycles. The van der Waals surface area contributed by atoms with Gasteiger partial charge < -0.3 is 10.6 Å². The van der Waals surface area contributed by atoms with E-state index in [-0.39, 0.29) is 0 Å². The van der Waals surface area contributed by atoms with Gasteiger partial charge in [-0.15, -0.1) is 0 Å². The van der Waals surface area contributed by atoms with Crippen LogP contribution in [0.4, 0.5) is 0 Å². The lowest BCUT2D eigenvalue weighted by Crippen LogP contribution is -2.44. The van der Waals surface area contributed by atoms with E-state index in [4.69, 9.17) is 5.73 Å². The second-order valence-electron chi connectivity index (χ2n) is 6.22. The molecule has 1 aliphatic heterocycles. The zero-order chi connectivity index (χ0) is 15.2. The Labute approximate surface area is 130 Å². The summed E-state index contributed by atoms with van der Waals surface area (Å²) in [5.41, 5.74) is 9.09. The highest BCUT2D eigenvalue weighted by Gasteiger charge is 2.29. The Morgan fingerprint density at radius 2 is 2.00 bits per heavy atom. The standard InChI is InChI=1S/C18H31N3/c1-4-15-9-6-7-10-17(15)18(13-19)21-12-8-11-20(3)14-16(21)5-2/h6-7,9-10,16,18H,4-5,8,11-14,19H2,1-3H3. The van der Waals surface area contributed by atoms with Crippen molar-refractivity contribution in [2.24, 2.45) is 5.73 Å². The van der Waals surface area contributed by atoms with Gasteiger partial charge >= 0.3 is 0 Å². The maximum atomic E-state index is 6.21. The summed E-state index contributed by atoms with van der Waals surface area (Å²) in [6.45, 7) is 8.75. The summed E-state index contributed by atoms with van der Waals surface area (Å²) in [6, 6.07) is 9.79. The fraction of sp³-hybridized carbons (Fsp3) is 0.667. The molecule has 1 aromatic rings. The van der Waals surface area contributed by atoms with Crippen LogP contribution in [0.3, 0.4) is 0 Å².